The van der Waals surface area contributed by atoms with Gasteiger partial charge in [-0.3, -0.25) is 0 Å². The van der Waals surface area contributed by atoms with Crippen molar-refractivity contribution in [2.24, 2.45) is 5.73 Å². The van der Waals surface area contributed by atoms with E-state index in [-0.39, 0.29) is 11.3 Å². The fraction of sp³-hybridized carbons (Fsp3) is 0.444. The number of nitrogens with one attached hydrogen (secondary N) is 1. The molecule has 0 amide bonds. The summed E-state index contributed by atoms with van der Waals surface area (Å²) in [5.74, 6) is 1.39. The molecule has 27 heavy (non-hydrogen) atoms. The van der Waals surface area contributed by atoms with Crippen LogP contribution in [0.2, 0.25) is 5.28 Å². The molecule has 3 N–H and O–H groups in total. The summed E-state index contributed by atoms with van der Waals surface area (Å²) in [6.45, 7) is 2.46. The zero-order chi connectivity index (χ0) is 19.2. The monoisotopic (exact) mass is 455 g/mol. The third-order valence-corrected chi connectivity index (χ3v) is 5.94. The highest BCUT2D eigenvalue weighted by Gasteiger charge is 2.44. The summed E-state index contributed by atoms with van der Waals surface area (Å²) in [5.41, 5.74) is 7.93. The zero-order valence-corrected chi connectivity index (χ0v) is 17.1. The van der Waals surface area contributed by atoms with Crippen LogP contribution in [0.4, 0.5) is 10.2 Å². The Bertz CT molecular complexity index is 970. The van der Waals surface area contributed by atoms with Crippen molar-refractivity contribution >= 4 is 38.9 Å². The lowest BCUT2D eigenvalue weighted by Crippen LogP contribution is -2.27. The van der Waals surface area contributed by atoms with E-state index in [2.05, 4.69) is 31.3 Å². The summed E-state index contributed by atoms with van der Waals surface area (Å²) in [6.07, 6.45) is 3.77. The predicted molar refractivity (Wildman–Crippen MR) is 106 cm³/mol. The number of halogens is 3. The van der Waals surface area contributed by atoms with E-state index in [1.807, 2.05) is 19.1 Å². The topological polar surface area (TPSA) is 81.4 Å². The maximum Gasteiger partial charge on any atom is 0.243 e. The van der Waals surface area contributed by atoms with Crippen molar-refractivity contribution in [3.05, 3.63) is 45.2 Å². The molecular formula is C18H20BrClFN5O. The number of aromatic nitrogens is 3. The van der Waals surface area contributed by atoms with Gasteiger partial charge in [0.2, 0.25) is 5.28 Å². The Balaban J connectivity index is 1.65. The van der Waals surface area contributed by atoms with Gasteiger partial charge in [0.05, 0.1) is 12.8 Å². The molecule has 1 fully saturated rings. The summed E-state index contributed by atoms with van der Waals surface area (Å²) >= 11 is 9.72. The molecule has 1 saturated carbocycles. The predicted octanol–water partition coefficient (Wildman–Crippen LogP) is 4.42. The lowest BCUT2D eigenvalue weighted by atomic mass is 10.0. The van der Waals surface area contributed by atoms with E-state index in [9.17, 15) is 4.39 Å². The number of nitrogens with zero attached hydrogens (tertiary/aromatic N) is 3. The van der Waals surface area contributed by atoms with Crippen molar-refractivity contribution in [2.75, 3.05) is 5.32 Å². The molecule has 0 unspecified atom stereocenters. The first-order valence-corrected chi connectivity index (χ1v) is 9.97. The summed E-state index contributed by atoms with van der Waals surface area (Å²) in [5, 5.41) is 7.68. The number of fused-ring (bicyclic) bond motifs is 1. The minimum absolute atomic E-state index is 0.122. The van der Waals surface area contributed by atoms with Gasteiger partial charge in [-0.2, -0.15) is 4.98 Å². The molecular weight excluding hydrogens is 437 g/mol. The lowest BCUT2D eigenvalue weighted by molar-refractivity contribution is 0.270. The number of hydrogen-bond donors (Lipinski definition) is 2. The van der Waals surface area contributed by atoms with Crippen LogP contribution in [0.25, 0.3) is 5.52 Å². The van der Waals surface area contributed by atoms with Gasteiger partial charge < -0.3 is 15.5 Å². The number of anilines is 1. The first-order chi connectivity index (χ1) is 12.9. The Morgan fingerprint density at radius 3 is 2.96 bits per heavy atom. The highest BCUT2D eigenvalue weighted by molar-refractivity contribution is 9.10. The number of alkyl halides is 1. The van der Waals surface area contributed by atoms with Gasteiger partial charge in [0.15, 0.2) is 5.82 Å². The first kappa shape index (κ1) is 18.7. The molecule has 0 spiro atoms. The van der Waals surface area contributed by atoms with Crippen LogP contribution in [0.5, 0.6) is 0 Å². The quantitative estimate of drug-likeness (QED) is 0.550. The summed E-state index contributed by atoms with van der Waals surface area (Å²) in [4.78, 5) is 4.33. The van der Waals surface area contributed by atoms with Crippen LogP contribution < -0.4 is 11.1 Å². The second-order valence-corrected chi connectivity index (χ2v) is 8.23. The highest BCUT2D eigenvalue weighted by Crippen LogP contribution is 2.44. The molecule has 1 atom stereocenters. The van der Waals surface area contributed by atoms with E-state index in [0.29, 0.717) is 38.0 Å². The van der Waals surface area contributed by atoms with Crippen molar-refractivity contribution in [1.29, 1.82) is 0 Å². The Morgan fingerprint density at radius 2 is 2.30 bits per heavy atom. The molecule has 0 saturated heterocycles. The molecule has 3 heterocycles. The maximum atomic E-state index is 14.1. The number of furan rings is 1. The van der Waals surface area contributed by atoms with E-state index in [1.54, 1.807) is 10.8 Å². The number of hydrogen-bond acceptors (Lipinski definition) is 5. The van der Waals surface area contributed by atoms with Crippen molar-refractivity contribution in [1.82, 2.24) is 14.6 Å². The normalized spacial score (nSPS) is 16.6. The average molecular weight is 457 g/mol. The second-order valence-electron chi connectivity index (χ2n) is 7.14. The fourth-order valence-corrected chi connectivity index (χ4v) is 4.27. The minimum Gasteiger partial charge on any atom is -0.467 e. The second kappa shape index (κ2) is 7.07. The van der Waals surface area contributed by atoms with Gasteiger partial charge in [-0.05, 0) is 83.4 Å². The van der Waals surface area contributed by atoms with Gasteiger partial charge in [-0.25, -0.2) is 8.91 Å². The Kier molecular flexibility index (Phi) is 4.90. The molecule has 1 aliphatic rings. The molecule has 6 nitrogen and oxygen atoms in total. The molecule has 1 aliphatic carbocycles. The van der Waals surface area contributed by atoms with Crippen LogP contribution in [0.15, 0.2) is 27.4 Å². The molecule has 9 heteroatoms. The van der Waals surface area contributed by atoms with Crippen molar-refractivity contribution in [3.63, 3.8) is 0 Å². The number of nitrogens with two attached hydrogens (primary N) is 1. The summed E-state index contributed by atoms with van der Waals surface area (Å²) in [7, 11) is 0. The van der Waals surface area contributed by atoms with Crippen LogP contribution in [0.3, 0.4) is 0 Å². The number of aryl methyl sites for hydroxylation is 1. The maximum absolute atomic E-state index is 14.1. The fourth-order valence-electron chi connectivity index (χ4n) is 3.39. The van der Waals surface area contributed by atoms with Crippen LogP contribution in [0, 0.1) is 6.92 Å². The third-order valence-electron chi connectivity index (χ3n) is 4.96. The summed E-state index contributed by atoms with van der Waals surface area (Å²) in [6, 6.07) is 3.45. The Hall–Kier alpha value is -1.64. The molecule has 3 aromatic heterocycles. The van der Waals surface area contributed by atoms with Crippen LogP contribution in [0.1, 0.15) is 36.1 Å². The van der Waals surface area contributed by atoms with Crippen molar-refractivity contribution < 1.29 is 8.81 Å². The van der Waals surface area contributed by atoms with E-state index < -0.39 is 5.67 Å². The van der Waals surface area contributed by atoms with Gasteiger partial charge in [0.1, 0.15) is 21.5 Å². The van der Waals surface area contributed by atoms with Gasteiger partial charge >= 0.3 is 0 Å². The Morgan fingerprint density at radius 1 is 1.52 bits per heavy atom. The molecule has 144 valence electrons. The van der Waals surface area contributed by atoms with Gasteiger partial charge in [0.25, 0.3) is 0 Å². The van der Waals surface area contributed by atoms with Crippen molar-refractivity contribution in [2.45, 2.75) is 50.9 Å². The highest BCUT2D eigenvalue weighted by atomic mass is 79.9. The van der Waals surface area contributed by atoms with E-state index >= 15 is 0 Å². The summed E-state index contributed by atoms with van der Waals surface area (Å²) < 4.78 is 21.9. The van der Waals surface area contributed by atoms with E-state index in [0.717, 1.165) is 27.0 Å². The average Bonchev–Trinajstić information content (AvgIpc) is 3.04. The SMILES string of the molecule is Cc1c(C[C@@H](N)CC2(F)CC2)c(Br)n2nc(Cl)nc(NCc3ccco3)c12. The minimum atomic E-state index is -1.07. The molecule has 0 radical (unpaired) electrons. The molecule has 3 aromatic rings. The van der Waals surface area contributed by atoms with Crippen molar-refractivity contribution in [3.8, 4) is 0 Å². The van der Waals surface area contributed by atoms with E-state index in [4.69, 9.17) is 21.8 Å². The van der Waals surface area contributed by atoms with Gasteiger partial charge in [-0.15, -0.1) is 5.10 Å². The van der Waals surface area contributed by atoms with E-state index in [1.165, 1.54) is 0 Å². The van der Waals surface area contributed by atoms with Gasteiger partial charge in [-0.1, -0.05) is 0 Å². The van der Waals surface area contributed by atoms with Crippen LogP contribution >= 0.6 is 27.5 Å². The van der Waals surface area contributed by atoms with Gasteiger partial charge in [0, 0.05) is 6.04 Å². The Labute approximate surface area is 169 Å². The third kappa shape index (κ3) is 3.83. The molecule has 0 bridgehead atoms. The molecule has 0 aromatic carbocycles. The lowest BCUT2D eigenvalue weighted by Gasteiger charge is -2.14. The van der Waals surface area contributed by atoms with Crippen LogP contribution in [-0.2, 0) is 13.0 Å². The zero-order valence-electron chi connectivity index (χ0n) is 14.8. The number of rotatable bonds is 7. The smallest absolute Gasteiger partial charge is 0.243 e. The molecule has 0 aliphatic heterocycles. The largest absolute Gasteiger partial charge is 0.467 e. The molecule has 4 rings (SSSR count). The standard InChI is InChI=1S/C18H20BrClFN5O/c1-10-13(7-11(22)8-18(21)4-5-18)15(19)26-14(10)16(24-17(20)25-26)23-9-12-3-2-6-27-12/h2-3,6,11H,4-5,7-9,22H2,1H3,(H,23,24,25)/t11-/m1/s1. The first-order valence-electron chi connectivity index (χ1n) is 8.80. The van der Waals surface area contributed by atoms with Crippen LogP contribution in [-0.4, -0.2) is 26.3 Å².